The minimum absolute atomic E-state index is 0.373. The lowest BCUT2D eigenvalue weighted by molar-refractivity contribution is -0.146. The molecule has 0 amide bonds. The van der Waals surface area contributed by atoms with Gasteiger partial charge in [0.25, 0.3) is 0 Å². The smallest absolute Gasteiger partial charge is 0.166 e. The number of rotatable bonds is 3. The molecule has 138 valence electrons. The van der Waals surface area contributed by atoms with Gasteiger partial charge in [0.15, 0.2) is 11.6 Å². The van der Waals surface area contributed by atoms with Crippen molar-refractivity contribution in [2.45, 2.75) is 77.9 Å². The van der Waals surface area contributed by atoms with Crippen molar-refractivity contribution < 1.29 is 14.3 Å². The number of carbonyl (C=O) groups excluding carboxylic acids is 1. The number of hydrogen-bond acceptors (Lipinski definition) is 3. The summed E-state index contributed by atoms with van der Waals surface area (Å²) in [6.07, 6.45) is 10.7. The normalized spacial score (nSPS) is 39.0. The number of allylic oxidation sites excluding steroid dienone is 4. The van der Waals surface area contributed by atoms with Gasteiger partial charge >= 0.3 is 0 Å². The molecule has 4 aliphatic rings. The van der Waals surface area contributed by atoms with Crippen LogP contribution in [0.25, 0.3) is 0 Å². The fraction of sp³-hybridized carbons (Fsp3) is 0.773. The van der Waals surface area contributed by atoms with Crippen molar-refractivity contribution in [3.63, 3.8) is 0 Å². The van der Waals surface area contributed by atoms with Crippen molar-refractivity contribution in [2.24, 2.45) is 17.3 Å². The number of carbonyl (C=O) groups is 1. The first kappa shape index (κ1) is 17.5. The Kier molecular flexibility index (Phi) is 4.44. The van der Waals surface area contributed by atoms with Gasteiger partial charge in [0.1, 0.15) is 0 Å². The van der Waals surface area contributed by atoms with E-state index in [0.29, 0.717) is 30.3 Å². The summed E-state index contributed by atoms with van der Waals surface area (Å²) < 4.78 is 11.5. The molecule has 3 nitrogen and oxygen atoms in total. The van der Waals surface area contributed by atoms with Crippen LogP contribution >= 0.6 is 0 Å². The summed E-state index contributed by atoms with van der Waals surface area (Å²) in [6, 6.07) is 0. The van der Waals surface area contributed by atoms with Crippen molar-refractivity contribution in [1.82, 2.24) is 0 Å². The molecule has 0 N–H and O–H groups in total. The van der Waals surface area contributed by atoms with Gasteiger partial charge in [-0.15, -0.1) is 0 Å². The molecular weight excluding hydrogens is 312 g/mol. The van der Waals surface area contributed by atoms with Crippen LogP contribution in [-0.4, -0.2) is 24.8 Å². The molecule has 1 heterocycles. The van der Waals surface area contributed by atoms with E-state index in [-0.39, 0.29) is 0 Å². The highest BCUT2D eigenvalue weighted by Crippen LogP contribution is 2.61. The van der Waals surface area contributed by atoms with Crippen LogP contribution in [0.15, 0.2) is 22.8 Å². The van der Waals surface area contributed by atoms with Crippen molar-refractivity contribution in [3.8, 4) is 0 Å². The summed E-state index contributed by atoms with van der Waals surface area (Å²) in [6.45, 7) is 8.04. The van der Waals surface area contributed by atoms with Crippen molar-refractivity contribution >= 4 is 5.78 Å². The Bertz CT molecular complexity index is 623. The monoisotopic (exact) mass is 344 g/mol. The largest absolute Gasteiger partial charge is 0.348 e. The highest BCUT2D eigenvalue weighted by molar-refractivity contribution is 5.97. The van der Waals surface area contributed by atoms with Gasteiger partial charge in [0.2, 0.25) is 0 Å². The number of fused-ring (bicyclic) bond motifs is 3. The Hall–Kier alpha value is -0.930. The van der Waals surface area contributed by atoms with Crippen molar-refractivity contribution in [2.75, 3.05) is 13.2 Å². The maximum absolute atomic E-state index is 12.7. The third kappa shape index (κ3) is 2.84. The molecule has 0 bridgehead atoms. The van der Waals surface area contributed by atoms with Gasteiger partial charge in [-0.05, 0) is 75.2 Å². The maximum atomic E-state index is 12.7. The Morgan fingerprint density at radius 1 is 1.12 bits per heavy atom. The van der Waals surface area contributed by atoms with Gasteiger partial charge in [-0.3, -0.25) is 4.79 Å². The van der Waals surface area contributed by atoms with E-state index in [0.717, 1.165) is 43.6 Å². The van der Waals surface area contributed by atoms with Gasteiger partial charge in [0.05, 0.1) is 13.2 Å². The van der Waals surface area contributed by atoms with Gasteiger partial charge in [-0.25, -0.2) is 0 Å². The molecule has 1 saturated heterocycles. The van der Waals surface area contributed by atoms with Crippen LogP contribution in [0.4, 0.5) is 0 Å². The zero-order valence-corrected chi connectivity index (χ0v) is 16.0. The predicted octanol–water partition coefficient (Wildman–Crippen LogP) is 4.96. The Morgan fingerprint density at radius 3 is 2.60 bits per heavy atom. The summed E-state index contributed by atoms with van der Waals surface area (Å²) in [7, 11) is 0. The molecule has 3 heteroatoms. The highest BCUT2D eigenvalue weighted by atomic mass is 16.7. The van der Waals surface area contributed by atoms with Crippen molar-refractivity contribution in [1.29, 1.82) is 0 Å². The maximum Gasteiger partial charge on any atom is 0.166 e. The van der Waals surface area contributed by atoms with E-state index in [1.165, 1.54) is 24.8 Å². The summed E-state index contributed by atoms with van der Waals surface area (Å²) in [4.78, 5) is 12.7. The average molecular weight is 344 g/mol. The van der Waals surface area contributed by atoms with Crippen LogP contribution in [-0.2, 0) is 14.3 Å². The molecule has 1 aliphatic heterocycles. The van der Waals surface area contributed by atoms with Crippen LogP contribution in [0, 0.1) is 17.3 Å². The van der Waals surface area contributed by atoms with Gasteiger partial charge < -0.3 is 9.47 Å². The zero-order valence-electron chi connectivity index (χ0n) is 16.0. The Balaban J connectivity index is 1.59. The second-order valence-corrected chi connectivity index (χ2v) is 8.78. The molecule has 3 aliphatic carbocycles. The van der Waals surface area contributed by atoms with Crippen LogP contribution in [0.5, 0.6) is 0 Å². The van der Waals surface area contributed by atoms with Gasteiger partial charge in [-0.2, -0.15) is 0 Å². The van der Waals surface area contributed by atoms with E-state index in [2.05, 4.69) is 19.9 Å². The van der Waals surface area contributed by atoms with Gasteiger partial charge in [0, 0.05) is 12.8 Å². The van der Waals surface area contributed by atoms with Crippen molar-refractivity contribution in [3.05, 3.63) is 22.8 Å². The Morgan fingerprint density at radius 2 is 1.88 bits per heavy atom. The van der Waals surface area contributed by atoms with E-state index < -0.39 is 5.79 Å². The molecule has 0 radical (unpaired) electrons. The molecule has 3 atom stereocenters. The highest BCUT2D eigenvalue weighted by Gasteiger charge is 2.51. The predicted molar refractivity (Wildman–Crippen MR) is 98.1 cm³/mol. The molecule has 3 fully saturated rings. The summed E-state index contributed by atoms with van der Waals surface area (Å²) in [5.41, 5.74) is 4.67. The fourth-order valence-corrected chi connectivity index (χ4v) is 6.16. The molecule has 25 heavy (non-hydrogen) atoms. The van der Waals surface area contributed by atoms with Crippen LogP contribution in [0.2, 0.25) is 0 Å². The summed E-state index contributed by atoms with van der Waals surface area (Å²) >= 11 is 0. The summed E-state index contributed by atoms with van der Waals surface area (Å²) in [5.74, 6) is 1.26. The Labute approximate surface area is 151 Å². The molecule has 0 spiro atoms. The number of hydrogen-bond donors (Lipinski definition) is 0. The summed E-state index contributed by atoms with van der Waals surface area (Å²) in [5, 5.41) is 0. The number of Topliss-reactive ketones (excluding diaryl/α,β-unsaturated/α-hetero) is 1. The minimum atomic E-state index is -0.491. The molecular formula is C22H32O3. The average Bonchev–Trinajstić information content (AvgIpc) is 3.17. The quantitative estimate of drug-likeness (QED) is 0.679. The lowest BCUT2D eigenvalue weighted by Gasteiger charge is -2.46. The topological polar surface area (TPSA) is 35.5 Å². The van der Waals surface area contributed by atoms with E-state index in [9.17, 15) is 4.79 Å². The lowest BCUT2D eigenvalue weighted by atomic mass is 9.58. The molecule has 0 aromatic rings. The van der Waals surface area contributed by atoms with Crippen LogP contribution < -0.4 is 0 Å². The van der Waals surface area contributed by atoms with Crippen LogP contribution in [0.1, 0.15) is 72.1 Å². The number of ketones is 1. The SMILES string of the molecule is CC=C1CCC2C3CCC(=O)C(CCC4(C)OCCO4)=C3CC[C@@]12C. The van der Waals surface area contributed by atoms with E-state index in [1.807, 2.05) is 6.92 Å². The first-order chi connectivity index (χ1) is 12.0. The minimum Gasteiger partial charge on any atom is -0.348 e. The fourth-order valence-electron chi connectivity index (χ4n) is 6.16. The molecule has 0 aromatic heterocycles. The third-order valence-electron chi connectivity index (χ3n) is 7.61. The molecule has 4 rings (SSSR count). The molecule has 2 unspecified atom stereocenters. The lowest BCUT2D eigenvalue weighted by Crippen LogP contribution is -2.38. The van der Waals surface area contributed by atoms with E-state index >= 15 is 0 Å². The van der Waals surface area contributed by atoms with E-state index in [1.54, 1.807) is 5.57 Å². The standard InChI is InChI=1S/C22H32O3/c1-4-15-5-7-19-17-6-8-20(23)18(16(17)9-11-21(15,19)2)10-12-22(3)24-13-14-25-22/h4,17,19H,5-14H2,1-3H3/t17?,19?,21-/m0/s1. The third-order valence-corrected chi connectivity index (χ3v) is 7.61. The second-order valence-electron chi connectivity index (χ2n) is 8.78. The zero-order chi connectivity index (χ0) is 17.7. The first-order valence-corrected chi connectivity index (χ1v) is 10.2. The second kappa shape index (κ2) is 6.35. The van der Waals surface area contributed by atoms with Crippen LogP contribution in [0.3, 0.4) is 0 Å². The molecule has 2 saturated carbocycles. The van der Waals surface area contributed by atoms with Gasteiger partial charge in [-0.1, -0.05) is 24.1 Å². The van der Waals surface area contributed by atoms with E-state index in [4.69, 9.17) is 9.47 Å². The molecule has 0 aromatic carbocycles. The number of ether oxygens (including phenoxy) is 2. The first-order valence-electron chi connectivity index (χ1n) is 10.2.